The molecule has 0 aliphatic rings. The number of hydrazine groups is 1. The second kappa shape index (κ2) is 16.8. The van der Waals surface area contributed by atoms with Crippen LogP contribution < -0.4 is 31.4 Å². The highest BCUT2D eigenvalue weighted by Gasteiger charge is 2.38. The Bertz CT molecular complexity index is 1520. The van der Waals surface area contributed by atoms with Crippen molar-refractivity contribution in [2.24, 2.45) is 5.73 Å². The molecule has 0 aliphatic carbocycles. The van der Waals surface area contributed by atoms with Gasteiger partial charge in [0, 0.05) is 43.3 Å². The SMILES string of the molecule is CCOc1cc(C(Nc2ccc(C(=N)N)cc2)C(=O)NNC(=O)c2ccncc2)ccc1OCC(=O)N(C)C.O=C(O)C(F)(F)F. The number of amidine groups is 1. The van der Waals surface area contributed by atoms with E-state index in [0.717, 1.165) is 0 Å². The number of pyridine rings is 1. The summed E-state index contributed by atoms with van der Waals surface area (Å²) in [4.78, 5) is 51.9. The number of carboxylic acid groups (broad SMARTS) is 1. The van der Waals surface area contributed by atoms with Crippen LogP contribution in [0.1, 0.15) is 34.5 Å². The van der Waals surface area contributed by atoms with Crippen LogP contribution in [0.2, 0.25) is 0 Å². The summed E-state index contributed by atoms with van der Waals surface area (Å²) in [6.07, 6.45) is -2.15. The summed E-state index contributed by atoms with van der Waals surface area (Å²) in [5.41, 5.74) is 12.3. The predicted molar refractivity (Wildman–Crippen MR) is 159 cm³/mol. The fourth-order valence-electron chi connectivity index (χ4n) is 3.34. The van der Waals surface area contributed by atoms with E-state index in [1.54, 1.807) is 63.5 Å². The number of anilines is 1. The molecule has 14 nitrogen and oxygen atoms in total. The number of benzene rings is 2. The van der Waals surface area contributed by atoms with Crippen molar-refractivity contribution in [3.8, 4) is 11.5 Å². The third-order valence-electron chi connectivity index (χ3n) is 5.70. The van der Waals surface area contributed by atoms with Crippen molar-refractivity contribution in [3.05, 3.63) is 83.7 Å². The molecule has 0 saturated heterocycles. The Morgan fingerprint density at radius 3 is 2.09 bits per heavy atom. The lowest BCUT2D eigenvalue weighted by atomic mass is 10.0. The van der Waals surface area contributed by atoms with E-state index in [4.69, 9.17) is 30.5 Å². The number of halogens is 3. The normalized spacial score (nSPS) is 11.1. The van der Waals surface area contributed by atoms with Gasteiger partial charge in [-0.15, -0.1) is 0 Å². The van der Waals surface area contributed by atoms with Gasteiger partial charge >= 0.3 is 12.1 Å². The van der Waals surface area contributed by atoms with Gasteiger partial charge in [-0.1, -0.05) is 6.07 Å². The number of hydrogen-bond donors (Lipinski definition) is 6. The lowest BCUT2D eigenvalue weighted by Crippen LogP contribution is -2.45. The van der Waals surface area contributed by atoms with E-state index in [0.29, 0.717) is 40.5 Å². The van der Waals surface area contributed by atoms with Crippen molar-refractivity contribution in [3.63, 3.8) is 0 Å². The van der Waals surface area contributed by atoms with E-state index in [1.165, 1.54) is 29.4 Å². The smallest absolute Gasteiger partial charge is 0.490 e. The van der Waals surface area contributed by atoms with E-state index < -0.39 is 30.0 Å². The fourth-order valence-corrected chi connectivity index (χ4v) is 3.34. The second-order valence-electron chi connectivity index (χ2n) is 9.27. The van der Waals surface area contributed by atoms with Gasteiger partial charge < -0.3 is 30.5 Å². The van der Waals surface area contributed by atoms with E-state index in [9.17, 15) is 27.6 Å². The number of amides is 3. The number of aliphatic carboxylic acids is 1. The lowest BCUT2D eigenvalue weighted by molar-refractivity contribution is -0.192. The molecule has 3 aromatic rings. The molecule has 2 aromatic carbocycles. The monoisotopic (exact) mass is 647 g/mol. The first-order valence-electron chi connectivity index (χ1n) is 13.2. The summed E-state index contributed by atoms with van der Waals surface area (Å²) in [6.45, 7) is 1.94. The molecular formula is C29H32F3N7O7. The second-order valence-corrected chi connectivity index (χ2v) is 9.27. The van der Waals surface area contributed by atoms with E-state index in [2.05, 4.69) is 21.2 Å². The average Bonchev–Trinajstić information content (AvgIpc) is 3.02. The highest BCUT2D eigenvalue weighted by Crippen LogP contribution is 2.32. The standard InChI is InChI=1S/C27H31N7O5.C2HF3O2/c1-4-38-22-15-19(7-10-21(22)39-16-23(35)34(2)3)24(31-20-8-5-17(6-9-20)25(28)29)27(37)33-32-26(36)18-11-13-30-14-12-18;3-2(4,5)1(6)7/h5-15,24,31H,4,16H2,1-3H3,(H3,28,29)(H,32,36)(H,33,37);(H,6,7). The molecule has 1 heterocycles. The Balaban J connectivity index is 0.000000942. The van der Waals surface area contributed by atoms with Crippen LogP contribution in [0.3, 0.4) is 0 Å². The van der Waals surface area contributed by atoms with Crippen molar-refractivity contribution >= 4 is 35.2 Å². The van der Waals surface area contributed by atoms with Gasteiger partial charge in [-0.2, -0.15) is 13.2 Å². The highest BCUT2D eigenvalue weighted by atomic mass is 19.4. The third-order valence-corrected chi connectivity index (χ3v) is 5.70. The van der Waals surface area contributed by atoms with Crippen LogP contribution in [-0.4, -0.2) is 78.0 Å². The summed E-state index contributed by atoms with van der Waals surface area (Å²) in [6, 6.07) is 13.6. The molecule has 0 spiro atoms. The summed E-state index contributed by atoms with van der Waals surface area (Å²) in [5, 5.41) is 17.8. The maximum atomic E-state index is 13.3. The molecule has 17 heteroatoms. The van der Waals surface area contributed by atoms with E-state index in [1.807, 2.05) is 0 Å². The molecule has 3 rings (SSSR count). The van der Waals surface area contributed by atoms with Gasteiger partial charge in [-0.25, -0.2) is 4.79 Å². The molecule has 0 bridgehead atoms. The molecule has 0 radical (unpaired) electrons. The molecule has 0 aliphatic heterocycles. The molecule has 0 saturated carbocycles. The third kappa shape index (κ3) is 11.3. The number of carbonyl (C=O) groups excluding carboxylic acids is 3. The first kappa shape index (κ1) is 36.3. The van der Waals surface area contributed by atoms with Crippen LogP contribution in [0.15, 0.2) is 67.0 Å². The molecule has 1 aromatic heterocycles. The number of aromatic nitrogens is 1. The van der Waals surface area contributed by atoms with E-state index in [-0.39, 0.29) is 18.3 Å². The lowest BCUT2D eigenvalue weighted by Gasteiger charge is -2.22. The molecule has 3 amide bonds. The maximum absolute atomic E-state index is 13.3. The van der Waals surface area contributed by atoms with Crippen LogP contribution >= 0.6 is 0 Å². The highest BCUT2D eigenvalue weighted by molar-refractivity contribution is 5.97. The number of likely N-dealkylation sites (N-methyl/N-ethyl adjacent to an activating group) is 1. The Hall–Kier alpha value is -5.87. The zero-order valence-electron chi connectivity index (χ0n) is 24.8. The van der Waals surface area contributed by atoms with Crippen molar-refractivity contribution in [2.75, 3.05) is 32.6 Å². The Labute approximate surface area is 261 Å². The number of nitrogen functional groups attached to an aromatic ring is 1. The Morgan fingerprint density at radius 1 is 0.957 bits per heavy atom. The number of nitrogens with zero attached hydrogens (tertiary/aromatic N) is 2. The van der Waals surface area contributed by atoms with Gasteiger partial charge in [0.25, 0.3) is 17.7 Å². The fraction of sp³-hybridized carbons (Fsp3) is 0.241. The van der Waals surface area contributed by atoms with Gasteiger partial charge in [-0.3, -0.25) is 35.6 Å². The molecule has 46 heavy (non-hydrogen) atoms. The maximum Gasteiger partial charge on any atom is 0.490 e. The van der Waals surface area contributed by atoms with Crippen LogP contribution in [-0.2, 0) is 14.4 Å². The van der Waals surface area contributed by atoms with E-state index >= 15 is 0 Å². The Morgan fingerprint density at radius 2 is 1.57 bits per heavy atom. The van der Waals surface area contributed by atoms with Crippen molar-refractivity contribution in [1.82, 2.24) is 20.7 Å². The van der Waals surface area contributed by atoms with Crippen LogP contribution in [0.25, 0.3) is 0 Å². The van der Waals surface area contributed by atoms with Gasteiger partial charge in [0.2, 0.25) is 0 Å². The first-order chi connectivity index (χ1) is 21.6. The number of nitrogens with one attached hydrogen (secondary N) is 4. The summed E-state index contributed by atoms with van der Waals surface area (Å²) < 4.78 is 43.1. The Kier molecular flexibility index (Phi) is 13.3. The van der Waals surface area contributed by atoms with Crippen LogP contribution in [0, 0.1) is 5.41 Å². The van der Waals surface area contributed by atoms with Crippen molar-refractivity contribution in [2.45, 2.75) is 19.1 Å². The number of nitrogens with two attached hydrogens (primary N) is 1. The quantitative estimate of drug-likeness (QED) is 0.102. The number of ether oxygens (including phenoxy) is 2. The van der Waals surface area contributed by atoms with Crippen LogP contribution in [0.5, 0.6) is 11.5 Å². The van der Waals surface area contributed by atoms with Crippen molar-refractivity contribution < 1.29 is 46.9 Å². The van der Waals surface area contributed by atoms with Gasteiger partial charge in [0.05, 0.1) is 6.61 Å². The number of rotatable bonds is 11. The minimum Gasteiger partial charge on any atom is -0.490 e. The summed E-state index contributed by atoms with van der Waals surface area (Å²) >= 11 is 0. The van der Waals surface area contributed by atoms with Crippen molar-refractivity contribution in [1.29, 1.82) is 5.41 Å². The number of carbonyl (C=O) groups is 4. The first-order valence-corrected chi connectivity index (χ1v) is 13.2. The number of hydrogen-bond acceptors (Lipinski definition) is 9. The zero-order valence-corrected chi connectivity index (χ0v) is 24.8. The average molecular weight is 648 g/mol. The van der Waals surface area contributed by atoms with Gasteiger partial charge in [-0.05, 0) is 61.0 Å². The van der Waals surface area contributed by atoms with Gasteiger partial charge in [0.1, 0.15) is 11.9 Å². The predicted octanol–water partition coefficient (Wildman–Crippen LogP) is 2.48. The minimum atomic E-state index is -5.08. The summed E-state index contributed by atoms with van der Waals surface area (Å²) in [7, 11) is 3.26. The minimum absolute atomic E-state index is 0.0839. The topological polar surface area (TPSA) is 209 Å². The molecule has 0 fully saturated rings. The number of alkyl halides is 3. The number of carboxylic acids is 1. The molecular weight excluding hydrogens is 615 g/mol. The van der Waals surface area contributed by atoms with Crippen LogP contribution in [0.4, 0.5) is 18.9 Å². The molecule has 1 atom stereocenters. The molecule has 246 valence electrons. The summed E-state index contributed by atoms with van der Waals surface area (Å²) in [5.74, 6) is -3.46. The molecule has 7 N–H and O–H groups in total. The zero-order chi connectivity index (χ0) is 34.4. The largest absolute Gasteiger partial charge is 0.490 e. The van der Waals surface area contributed by atoms with Gasteiger partial charge in [0.15, 0.2) is 18.1 Å². The molecule has 1 unspecified atom stereocenters.